The van der Waals surface area contributed by atoms with Gasteiger partial charge in [0, 0.05) is 23.5 Å². The lowest BCUT2D eigenvalue weighted by Gasteiger charge is -2.23. The van der Waals surface area contributed by atoms with Crippen LogP contribution in [0.5, 0.6) is 0 Å². The standard InChI is InChI=1S/C29H32N4O5/c1-17(2)13-23(31-25(34)14-19-9-5-4-6-10-19)27(35)32-24(28-33-26(29(36)37)18(3)38-28)15-20-16-30-22-12-8-7-11-21(20)22/h4-12,16-17,23-24,30H,13-15H2,1-3H3,(H,31,34)(H,32,35)(H,36,37)/t23-,24+/m0/s1. The van der Waals surface area contributed by atoms with E-state index in [-0.39, 0.29) is 35.6 Å². The fourth-order valence-corrected chi connectivity index (χ4v) is 4.49. The summed E-state index contributed by atoms with van der Waals surface area (Å²) in [6, 6.07) is 15.5. The first kappa shape index (κ1) is 26.7. The number of carbonyl (C=O) groups is 3. The molecule has 0 aliphatic carbocycles. The molecule has 2 amide bonds. The molecule has 0 aliphatic rings. The molecule has 198 valence electrons. The molecule has 4 N–H and O–H groups in total. The second-order valence-corrected chi connectivity index (χ2v) is 9.80. The van der Waals surface area contributed by atoms with Gasteiger partial charge >= 0.3 is 5.97 Å². The van der Waals surface area contributed by atoms with E-state index in [0.29, 0.717) is 12.8 Å². The van der Waals surface area contributed by atoms with Crippen LogP contribution in [-0.2, 0) is 22.4 Å². The average molecular weight is 517 g/mol. The third-order valence-corrected chi connectivity index (χ3v) is 6.30. The van der Waals surface area contributed by atoms with Crippen LogP contribution in [0.4, 0.5) is 0 Å². The van der Waals surface area contributed by atoms with Crippen molar-refractivity contribution < 1.29 is 23.9 Å². The number of aromatic nitrogens is 2. The number of amides is 2. The largest absolute Gasteiger partial charge is 0.476 e. The monoisotopic (exact) mass is 516 g/mol. The first-order valence-corrected chi connectivity index (χ1v) is 12.6. The lowest BCUT2D eigenvalue weighted by atomic mass is 10.0. The van der Waals surface area contributed by atoms with Crippen molar-refractivity contribution in [3.8, 4) is 0 Å². The Morgan fingerprint density at radius 1 is 1.03 bits per heavy atom. The maximum atomic E-state index is 13.5. The van der Waals surface area contributed by atoms with Crippen molar-refractivity contribution in [1.82, 2.24) is 20.6 Å². The Kier molecular flexibility index (Phi) is 8.25. The molecule has 0 saturated carbocycles. The molecule has 2 aromatic heterocycles. The second-order valence-electron chi connectivity index (χ2n) is 9.80. The minimum atomic E-state index is -1.21. The molecule has 9 heteroatoms. The van der Waals surface area contributed by atoms with E-state index < -0.39 is 24.0 Å². The quantitative estimate of drug-likeness (QED) is 0.234. The SMILES string of the molecule is Cc1oc([C@@H](Cc2c[nH]c3ccccc23)NC(=O)[C@H](CC(C)C)NC(=O)Cc2ccccc2)nc1C(=O)O. The molecular formula is C29H32N4O5. The van der Waals surface area contributed by atoms with Crippen molar-refractivity contribution in [1.29, 1.82) is 0 Å². The van der Waals surface area contributed by atoms with Crippen LogP contribution >= 0.6 is 0 Å². The molecule has 0 bridgehead atoms. The number of carboxylic acids is 1. The number of benzene rings is 2. The van der Waals surface area contributed by atoms with Crippen molar-refractivity contribution in [2.24, 2.45) is 5.92 Å². The first-order chi connectivity index (χ1) is 18.2. The van der Waals surface area contributed by atoms with E-state index in [1.54, 1.807) is 0 Å². The Bertz CT molecular complexity index is 1420. The molecule has 0 unspecified atom stereocenters. The number of oxazole rings is 1. The third kappa shape index (κ3) is 6.47. The molecule has 9 nitrogen and oxygen atoms in total. The van der Waals surface area contributed by atoms with E-state index in [2.05, 4.69) is 20.6 Å². The van der Waals surface area contributed by atoms with Crippen molar-refractivity contribution in [2.45, 2.75) is 52.1 Å². The first-order valence-electron chi connectivity index (χ1n) is 12.6. The van der Waals surface area contributed by atoms with Gasteiger partial charge in [-0.05, 0) is 36.5 Å². The number of aryl methyl sites for hydroxylation is 1. The number of nitrogens with one attached hydrogen (secondary N) is 3. The zero-order valence-electron chi connectivity index (χ0n) is 21.7. The number of aromatic amines is 1. The predicted molar refractivity (Wildman–Crippen MR) is 143 cm³/mol. The summed E-state index contributed by atoms with van der Waals surface area (Å²) < 4.78 is 5.72. The normalized spacial score (nSPS) is 12.8. The van der Waals surface area contributed by atoms with Gasteiger partial charge in [0.05, 0.1) is 6.42 Å². The number of fused-ring (bicyclic) bond motifs is 1. The fraction of sp³-hybridized carbons (Fsp3) is 0.310. The maximum Gasteiger partial charge on any atom is 0.358 e. The van der Waals surface area contributed by atoms with Crippen LogP contribution < -0.4 is 10.6 Å². The number of H-pyrrole nitrogens is 1. The molecule has 0 saturated heterocycles. The molecule has 0 aliphatic heterocycles. The molecular weight excluding hydrogens is 484 g/mol. The molecule has 2 aromatic carbocycles. The Hall–Kier alpha value is -4.40. The molecule has 0 spiro atoms. The molecule has 38 heavy (non-hydrogen) atoms. The average Bonchev–Trinajstić information content (AvgIpc) is 3.47. The van der Waals surface area contributed by atoms with E-state index >= 15 is 0 Å². The summed E-state index contributed by atoms with van der Waals surface area (Å²) in [5, 5.41) is 16.3. The van der Waals surface area contributed by atoms with E-state index in [1.807, 2.05) is 74.6 Å². The Morgan fingerprint density at radius 3 is 2.42 bits per heavy atom. The number of hydrogen-bond donors (Lipinski definition) is 4. The van der Waals surface area contributed by atoms with Gasteiger partial charge in [-0.15, -0.1) is 0 Å². The van der Waals surface area contributed by atoms with E-state index in [1.165, 1.54) is 6.92 Å². The minimum Gasteiger partial charge on any atom is -0.476 e. The summed E-state index contributed by atoms with van der Waals surface area (Å²) in [4.78, 5) is 45.4. The van der Waals surface area contributed by atoms with Crippen molar-refractivity contribution in [2.75, 3.05) is 0 Å². The van der Waals surface area contributed by atoms with Crippen LogP contribution in [0.15, 0.2) is 65.2 Å². The lowest BCUT2D eigenvalue weighted by Crippen LogP contribution is -2.49. The summed E-state index contributed by atoms with van der Waals surface area (Å²) in [7, 11) is 0. The number of para-hydroxylation sites is 1. The Morgan fingerprint density at radius 2 is 1.74 bits per heavy atom. The van der Waals surface area contributed by atoms with E-state index in [0.717, 1.165) is 22.0 Å². The van der Waals surface area contributed by atoms with Gasteiger partial charge in [0.2, 0.25) is 17.7 Å². The van der Waals surface area contributed by atoms with Crippen LogP contribution in [0, 0.1) is 12.8 Å². The molecule has 4 aromatic rings. The second kappa shape index (κ2) is 11.8. The van der Waals surface area contributed by atoms with Gasteiger partial charge in [-0.1, -0.05) is 62.4 Å². The molecule has 2 heterocycles. The minimum absolute atomic E-state index is 0.0949. The van der Waals surface area contributed by atoms with Gasteiger partial charge in [0.25, 0.3) is 0 Å². The van der Waals surface area contributed by atoms with Crippen LogP contribution in [0.25, 0.3) is 10.9 Å². The van der Waals surface area contributed by atoms with Crippen LogP contribution in [0.1, 0.15) is 59.6 Å². The topological polar surface area (TPSA) is 137 Å². The van der Waals surface area contributed by atoms with Gasteiger partial charge in [0.15, 0.2) is 5.69 Å². The zero-order chi connectivity index (χ0) is 27.2. The summed E-state index contributed by atoms with van der Waals surface area (Å²) in [5.41, 5.74) is 2.50. The predicted octanol–water partition coefficient (Wildman–Crippen LogP) is 4.34. The van der Waals surface area contributed by atoms with Crippen molar-refractivity contribution in [3.05, 3.63) is 89.3 Å². The number of carboxylic acid groups (broad SMARTS) is 1. The maximum absolute atomic E-state index is 13.5. The highest BCUT2D eigenvalue weighted by atomic mass is 16.4. The summed E-state index contributed by atoms with van der Waals surface area (Å²) in [6.45, 7) is 5.48. The third-order valence-electron chi connectivity index (χ3n) is 6.30. The number of aromatic carboxylic acids is 1. The van der Waals surface area contributed by atoms with Gasteiger partial charge < -0.3 is 25.1 Å². The molecule has 0 fully saturated rings. The van der Waals surface area contributed by atoms with Gasteiger partial charge in [-0.2, -0.15) is 0 Å². The van der Waals surface area contributed by atoms with Gasteiger partial charge in [0.1, 0.15) is 17.8 Å². The highest BCUT2D eigenvalue weighted by molar-refractivity contribution is 5.89. The number of rotatable bonds is 11. The number of nitrogens with zero attached hydrogens (tertiary/aromatic N) is 1. The van der Waals surface area contributed by atoms with Crippen LogP contribution in [-0.4, -0.2) is 38.9 Å². The highest BCUT2D eigenvalue weighted by Crippen LogP contribution is 2.26. The van der Waals surface area contributed by atoms with Gasteiger partial charge in [-0.25, -0.2) is 9.78 Å². The molecule has 2 atom stereocenters. The fourth-order valence-electron chi connectivity index (χ4n) is 4.49. The van der Waals surface area contributed by atoms with Crippen LogP contribution in [0.2, 0.25) is 0 Å². The van der Waals surface area contributed by atoms with Crippen LogP contribution in [0.3, 0.4) is 0 Å². The lowest BCUT2D eigenvalue weighted by molar-refractivity contribution is -0.129. The Balaban J connectivity index is 1.59. The van der Waals surface area contributed by atoms with E-state index in [9.17, 15) is 19.5 Å². The smallest absolute Gasteiger partial charge is 0.358 e. The van der Waals surface area contributed by atoms with E-state index in [4.69, 9.17) is 4.42 Å². The van der Waals surface area contributed by atoms with Crippen molar-refractivity contribution in [3.63, 3.8) is 0 Å². The summed E-state index contributed by atoms with van der Waals surface area (Å²) in [5.74, 6) is -1.47. The molecule has 4 rings (SSSR count). The van der Waals surface area contributed by atoms with Gasteiger partial charge in [-0.3, -0.25) is 9.59 Å². The number of hydrogen-bond acceptors (Lipinski definition) is 5. The molecule has 0 radical (unpaired) electrons. The van der Waals surface area contributed by atoms with Crippen molar-refractivity contribution >= 4 is 28.7 Å². The summed E-state index contributed by atoms with van der Waals surface area (Å²) in [6.07, 6.45) is 2.74. The zero-order valence-corrected chi connectivity index (χ0v) is 21.7. The highest BCUT2D eigenvalue weighted by Gasteiger charge is 2.29. The Labute approximate surface area is 220 Å². The summed E-state index contributed by atoms with van der Waals surface area (Å²) >= 11 is 0. The number of carbonyl (C=O) groups excluding carboxylic acids is 2.